The molecule has 4 aromatic rings. The van der Waals surface area contributed by atoms with Gasteiger partial charge in [-0.15, -0.1) is 0 Å². The number of carboxylic acid groups (broad SMARTS) is 2. The summed E-state index contributed by atoms with van der Waals surface area (Å²) in [5.41, 5.74) is 13.9. The number of ether oxygens (including phenoxy) is 2. The van der Waals surface area contributed by atoms with Gasteiger partial charge in [-0.25, -0.2) is 19.6 Å². The van der Waals surface area contributed by atoms with E-state index >= 15 is 0 Å². The van der Waals surface area contributed by atoms with E-state index in [9.17, 15) is 49.5 Å². The number of fused-ring (bicyclic) bond motifs is 2. The van der Waals surface area contributed by atoms with Crippen LogP contribution in [0.2, 0.25) is 12.6 Å². The van der Waals surface area contributed by atoms with Gasteiger partial charge in [0.05, 0.1) is 73.8 Å². The maximum atomic E-state index is 12.4. The number of aromatic nitrogens is 4. The average molecular weight is 880 g/mol. The molecule has 4 aliphatic rings. The Morgan fingerprint density at radius 3 is 1.39 bits per heavy atom. The van der Waals surface area contributed by atoms with E-state index in [1.807, 2.05) is 0 Å². The quantitative estimate of drug-likeness (QED) is 0.0591. The molecule has 2 aromatic carbocycles. The summed E-state index contributed by atoms with van der Waals surface area (Å²) in [6.45, 7) is -5.17. The standard InChI is InChI=1S/2C18H22BN4O7.2Na/c2*20-13(5-11-6-21-9-22-11)17(24)23-7-12(8-23)29-14-2-1-10-3-4-19(27,28)30-16(10)15(14)18(25)26;;/h2*1-2,6,9,12-13,27-28H,3-5,7-8,20H2,(H,21,22)(H,25,26);;/q2*-1;2*+1/t2*13-;;/m00../s1. The van der Waals surface area contributed by atoms with Crippen molar-refractivity contribution in [3.05, 3.63) is 83.0 Å². The van der Waals surface area contributed by atoms with Crippen LogP contribution in [0.5, 0.6) is 23.0 Å². The predicted molar refractivity (Wildman–Crippen MR) is 208 cm³/mol. The zero-order chi connectivity index (χ0) is 42.9. The van der Waals surface area contributed by atoms with Gasteiger partial charge in [0.25, 0.3) is 0 Å². The maximum absolute atomic E-state index is 12.4. The molecular formula is C36H44B2N8Na2O14. The Morgan fingerprint density at radius 1 is 0.694 bits per heavy atom. The predicted octanol–water partition coefficient (Wildman–Crippen LogP) is -7.74. The summed E-state index contributed by atoms with van der Waals surface area (Å²) in [7, 11) is 0. The van der Waals surface area contributed by atoms with Gasteiger partial charge in [-0.05, 0) is 36.1 Å². The van der Waals surface area contributed by atoms with Crippen LogP contribution in [-0.4, -0.2) is 148 Å². The van der Waals surface area contributed by atoms with Gasteiger partial charge < -0.3 is 80.3 Å². The van der Waals surface area contributed by atoms with Gasteiger partial charge in [0.2, 0.25) is 11.8 Å². The fraction of sp³-hybridized carbons (Fsp3) is 0.389. The monoisotopic (exact) mass is 880 g/mol. The second-order valence-corrected chi connectivity index (χ2v) is 15.2. The second kappa shape index (κ2) is 20.1. The molecule has 0 bridgehead atoms. The number of aromatic carboxylic acids is 2. The van der Waals surface area contributed by atoms with Gasteiger partial charge in [-0.3, -0.25) is 9.59 Å². The first-order valence-corrected chi connectivity index (χ1v) is 19.2. The molecule has 2 saturated heterocycles. The summed E-state index contributed by atoms with van der Waals surface area (Å²) in [6.07, 6.45) is 6.71. The van der Waals surface area contributed by atoms with Gasteiger partial charge in [-0.1, -0.05) is 24.8 Å². The van der Waals surface area contributed by atoms with Crippen molar-refractivity contribution in [1.82, 2.24) is 29.7 Å². The van der Waals surface area contributed by atoms with E-state index < -0.39 is 49.7 Å². The number of amides is 2. The molecule has 0 saturated carbocycles. The number of nitrogens with one attached hydrogen (secondary N) is 2. The van der Waals surface area contributed by atoms with Gasteiger partial charge in [0.1, 0.15) is 34.8 Å². The largest absolute Gasteiger partial charge is 1.00 e. The smallest absolute Gasteiger partial charge is 0.669 e. The Balaban J connectivity index is 0.000000227. The van der Waals surface area contributed by atoms with Crippen LogP contribution in [0, 0.1) is 0 Å². The number of nitrogens with two attached hydrogens (primary N) is 2. The van der Waals surface area contributed by atoms with Crippen LogP contribution in [0.15, 0.2) is 49.3 Å². The third kappa shape index (κ3) is 11.3. The van der Waals surface area contributed by atoms with Crippen molar-refractivity contribution in [2.45, 2.75) is 62.6 Å². The molecule has 6 heterocycles. The van der Waals surface area contributed by atoms with Crippen LogP contribution in [0.1, 0.15) is 43.2 Å². The summed E-state index contributed by atoms with van der Waals surface area (Å²) in [5.74, 6) is -3.17. The SMILES string of the molecule is N[C@@H](Cc1c[nH]cn1)C(=O)N1CC(Oc2ccc3c(c2C(=O)O)O[B-](O)(O)CC3)C1.N[C@@H](Cc1c[nH]cn1)C(=O)N1CC(Oc2ccc3c(c2C(=O)O)O[B-](O)(O)CC3)C1.[Na+].[Na+]. The number of aromatic amines is 2. The molecule has 4 aliphatic heterocycles. The van der Waals surface area contributed by atoms with E-state index in [0.717, 1.165) is 0 Å². The van der Waals surface area contributed by atoms with Crippen molar-refractivity contribution in [3.63, 3.8) is 0 Å². The summed E-state index contributed by atoms with van der Waals surface area (Å²) in [4.78, 5) is 65.2. The molecule has 8 rings (SSSR count). The molecule has 2 fully saturated rings. The van der Waals surface area contributed by atoms with Crippen molar-refractivity contribution >= 4 is 37.3 Å². The number of nitrogens with zero attached hydrogens (tertiary/aromatic N) is 4. The molecule has 12 N–H and O–H groups in total. The Kier molecular flexibility index (Phi) is 15.9. The zero-order valence-corrected chi connectivity index (χ0v) is 38.0. The van der Waals surface area contributed by atoms with E-state index in [0.29, 0.717) is 35.4 Å². The molecule has 22 nitrogen and oxygen atoms in total. The summed E-state index contributed by atoms with van der Waals surface area (Å²) in [5, 5.41) is 58.4. The molecule has 0 radical (unpaired) electrons. The number of H-pyrrole nitrogens is 2. The van der Waals surface area contributed by atoms with Crippen LogP contribution in [0.25, 0.3) is 0 Å². The molecule has 2 atom stereocenters. The van der Waals surface area contributed by atoms with Crippen LogP contribution in [0.3, 0.4) is 0 Å². The Labute approximate surface area is 397 Å². The Bertz CT molecular complexity index is 2090. The molecule has 320 valence electrons. The van der Waals surface area contributed by atoms with E-state index in [2.05, 4.69) is 19.9 Å². The van der Waals surface area contributed by atoms with Crippen LogP contribution < -0.4 is 89.4 Å². The number of carboxylic acids is 2. The van der Waals surface area contributed by atoms with Crippen molar-refractivity contribution in [2.75, 3.05) is 26.2 Å². The summed E-state index contributed by atoms with van der Waals surface area (Å²) in [6, 6.07) is 4.87. The number of imidazole rings is 2. The number of carbonyl (C=O) groups excluding carboxylic acids is 2. The van der Waals surface area contributed by atoms with Crippen LogP contribution >= 0.6 is 0 Å². The third-order valence-electron chi connectivity index (χ3n) is 10.5. The number of hydrogen-bond donors (Lipinski definition) is 10. The van der Waals surface area contributed by atoms with Gasteiger partial charge in [0.15, 0.2) is 0 Å². The molecule has 0 spiro atoms. The summed E-state index contributed by atoms with van der Waals surface area (Å²) < 4.78 is 21.8. The van der Waals surface area contributed by atoms with Crippen LogP contribution in [-0.2, 0) is 35.3 Å². The molecule has 2 aromatic heterocycles. The minimum Gasteiger partial charge on any atom is -0.669 e. The average Bonchev–Trinajstić information content (AvgIpc) is 3.87. The van der Waals surface area contributed by atoms with Crippen molar-refractivity contribution in [2.24, 2.45) is 11.5 Å². The fourth-order valence-corrected chi connectivity index (χ4v) is 7.31. The van der Waals surface area contributed by atoms with Gasteiger partial charge >= 0.3 is 84.6 Å². The zero-order valence-electron chi connectivity index (χ0n) is 34.0. The summed E-state index contributed by atoms with van der Waals surface area (Å²) >= 11 is 0. The number of likely N-dealkylation sites (tertiary alicyclic amines) is 2. The van der Waals surface area contributed by atoms with E-state index in [-0.39, 0.29) is 157 Å². The van der Waals surface area contributed by atoms with Crippen molar-refractivity contribution < 1.29 is 127 Å². The third-order valence-corrected chi connectivity index (χ3v) is 10.5. The number of rotatable bonds is 12. The van der Waals surface area contributed by atoms with Crippen LogP contribution in [0.4, 0.5) is 0 Å². The fourth-order valence-electron chi connectivity index (χ4n) is 7.31. The number of hydrogen-bond acceptors (Lipinski definition) is 16. The molecule has 62 heavy (non-hydrogen) atoms. The molecule has 0 unspecified atom stereocenters. The topological polar surface area (TPSA) is 342 Å². The minimum absolute atomic E-state index is 0. The van der Waals surface area contributed by atoms with Crippen molar-refractivity contribution in [3.8, 4) is 23.0 Å². The maximum Gasteiger partial charge on any atom is 1.00 e. The normalized spacial score (nSPS) is 18.1. The first-order valence-electron chi connectivity index (χ1n) is 19.2. The van der Waals surface area contributed by atoms with Gasteiger partial charge in [0, 0.05) is 25.2 Å². The Hall–Kier alpha value is -4.17. The molecule has 2 amide bonds. The van der Waals surface area contributed by atoms with E-state index in [1.165, 1.54) is 34.6 Å². The van der Waals surface area contributed by atoms with E-state index in [4.69, 9.17) is 30.2 Å². The number of aryl methyl sites for hydroxylation is 2. The van der Waals surface area contributed by atoms with E-state index in [1.54, 1.807) is 24.5 Å². The molecule has 26 heteroatoms. The number of benzene rings is 2. The second-order valence-electron chi connectivity index (χ2n) is 15.2. The van der Waals surface area contributed by atoms with Crippen molar-refractivity contribution in [1.29, 1.82) is 0 Å². The van der Waals surface area contributed by atoms with Gasteiger partial charge in [-0.2, -0.15) is 0 Å². The first-order chi connectivity index (χ1) is 28.5. The number of carbonyl (C=O) groups is 4. The first kappa shape index (κ1) is 48.9. The Morgan fingerprint density at radius 2 is 1.06 bits per heavy atom. The molecular weight excluding hydrogens is 836 g/mol. The molecule has 0 aliphatic carbocycles. The minimum atomic E-state index is -3.11.